The van der Waals surface area contributed by atoms with Crippen molar-refractivity contribution >= 4 is 17.4 Å². The molecule has 0 aromatic heterocycles. The van der Waals surface area contributed by atoms with E-state index in [9.17, 15) is 18.0 Å². The summed E-state index contributed by atoms with van der Waals surface area (Å²) in [5.74, 6) is 0. The van der Waals surface area contributed by atoms with E-state index in [1.54, 1.807) is 19.1 Å². The molecule has 2 amide bonds. The molecule has 8 heteroatoms. The molecule has 1 aromatic rings. The molecule has 2 N–H and O–H groups in total. The smallest absolute Gasteiger partial charge is 0.485 e. The quantitative estimate of drug-likeness (QED) is 0.792. The maximum Gasteiger partial charge on any atom is 0.485 e. The molecule has 1 rings (SSSR count). The van der Waals surface area contributed by atoms with Gasteiger partial charge < -0.3 is 22.6 Å². The number of amides is 2. The normalized spacial score (nSPS) is 10.6. The van der Waals surface area contributed by atoms with Crippen LogP contribution in [0, 0.1) is 6.92 Å². The van der Waals surface area contributed by atoms with Gasteiger partial charge in [-0.1, -0.05) is 0 Å². The van der Waals surface area contributed by atoms with Crippen LogP contribution in [-0.2, 0) is 0 Å². The van der Waals surface area contributed by atoms with Gasteiger partial charge in [0.15, 0.2) is 0 Å². The standard InChI is InChI=1S/C13H18F3N3O.ClH/c1-4-19(5-2)10-6-7-11(9(3)8-10)17-12(20)18-13(14,15)16;/h6-8H,4-5H2,1-3H3,(H2,17,18,20);1H/p-1. The zero-order valence-corrected chi connectivity index (χ0v) is 12.8. The lowest BCUT2D eigenvalue weighted by Crippen LogP contribution is -3.00. The molecule has 0 bridgehead atoms. The van der Waals surface area contributed by atoms with Crippen LogP contribution in [0.3, 0.4) is 0 Å². The van der Waals surface area contributed by atoms with Gasteiger partial charge in [0, 0.05) is 24.5 Å². The van der Waals surface area contributed by atoms with Gasteiger partial charge in [-0.2, -0.15) is 13.2 Å². The summed E-state index contributed by atoms with van der Waals surface area (Å²) in [5, 5.41) is 3.07. The molecular formula is C13H18ClF3N3O-. The Morgan fingerprint density at radius 1 is 1.24 bits per heavy atom. The Kier molecular flexibility index (Phi) is 7.35. The summed E-state index contributed by atoms with van der Waals surface area (Å²) in [6, 6.07) is 3.90. The average molecular weight is 325 g/mol. The van der Waals surface area contributed by atoms with Crippen molar-refractivity contribution in [3.63, 3.8) is 0 Å². The first kappa shape index (κ1) is 19.4. The molecule has 0 saturated heterocycles. The molecular weight excluding hydrogens is 307 g/mol. The summed E-state index contributed by atoms with van der Waals surface area (Å²) in [7, 11) is 0. The second-order valence-corrected chi connectivity index (χ2v) is 4.25. The molecule has 0 aliphatic heterocycles. The zero-order valence-electron chi connectivity index (χ0n) is 12.0. The summed E-state index contributed by atoms with van der Waals surface area (Å²) in [4.78, 5) is 13.3. The van der Waals surface area contributed by atoms with E-state index in [0.717, 1.165) is 24.1 Å². The van der Waals surface area contributed by atoms with Gasteiger partial charge in [0.25, 0.3) is 0 Å². The number of urea groups is 1. The molecule has 0 radical (unpaired) electrons. The van der Waals surface area contributed by atoms with Gasteiger partial charge in [-0.05, 0) is 44.5 Å². The van der Waals surface area contributed by atoms with E-state index in [0.29, 0.717) is 11.3 Å². The van der Waals surface area contributed by atoms with Gasteiger partial charge in [0.05, 0.1) is 0 Å². The number of hydrogen-bond donors (Lipinski definition) is 2. The molecule has 0 saturated carbocycles. The number of anilines is 2. The molecule has 0 aliphatic rings. The number of halogens is 4. The molecule has 0 spiro atoms. The highest BCUT2D eigenvalue weighted by Gasteiger charge is 2.30. The molecule has 21 heavy (non-hydrogen) atoms. The number of alkyl halides is 3. The van der Waals surface area contributed by atoms with Crippen LogP contribution in [0.25, 0.3) is 0 Å². The zero-order chi connectivity index (χ0) is 15.3. The van der Waals surface area contributed by atoms with Crippen LogP contribution in [0.5, 0.6) is 0 Å². The molecule has 0 fully saturated rings. The topological polar surface area (TPSA) is 44.4 Å². The predicted molar refractivity (Wildman–Crippen MR) is 72.9 cm³/mol. The Balaban J connectivity index is 0.00000400. The molecule has 0 heterocycles. The van der Waals surface area contributed by atoms with Crippen LogP contribution >= 0.6 is 0 Å². The van der Waals surface area contributed by atoms with Gasteiger partial charge in [-0.15, -0.1) is 0 Å². The minimum absolute atomic E-state index is 0. The Morgan fingerprint density at radius 3 is 2.24 bits per heavy atom. The number of hydrogen-bond acceptors (Lipinski definition) is 2. The van der Waals surface area contributed by atoms with Crippen molar-refractivity contribution in [2.75, 3.05) is 23.3 Å². The highest BCUT2D eigenvalue weighted by atomic mass is 35.5. The van der Waals surface area contributed by atoms with Crippen molar-refractivity contribution < 1.29 is 30.4 Å². The van der Waals surface area contributed by atoms with Crippen LogP contribution in [0.2, 0.25) is 0 Å². The highest BCUT2D eigenvalue weighted by Crippen LogP contribution is 2.22. The Labute approximate surface area is 128 Å². The summed E-state index contributed by atoms with van der Waals surface area (Å²) in [6.45, 7) is 7.42. The summed E-state index contributed by atoms with van der Waals surface area (Å²) < 4.78 is 36.0. The fourth-order valence-corrected chi connectivity index (χ4v) is 1.86. The minimum Gasteiger partial charge on any atom is -1.00 e. The molecule has 1 aromatic carbocycles. The van der Waals surface area contributed by atoms with Gasteiger partial charge in [-0.25, -0.2) is 10.1 Å². The van der Waals surface area contributed by atoms with Crippen LogP contribution in [0.15, 0.2) is 18.2 Å². The lowest BCUT2D eigenvalue weighted by atomic mass is 10.1. The van der Waals surface area contributed by atoms with Crippen LogP contribution < -0.4 is 27.9 Å². The van der Waals surface area contributed by atoms with E-state index in [2.05, 4.69) is 10.2 Å². The van der Waals surface area contributed by atoms with E-state index in [1.807, 2.05) is 19.9 Å². The molecule has 0 unspecified atom stereocenters. The third-order valence-corrected chi connectivity index (χ3v) is 2.84. The number of nitrogens with one attached hydrogen (secondary N) is 2. The maximum atomic E-state index is 12.0. The second kappa shape index (κ2) is 7.97. The molecule has 0 aliphatic carbocycles. The third-order valence-electron chi connectivity index (χ3n) is 2.84. The lowest BCUT2D eigenvalue weighted by Gasteiger charge is -2.22. The number of carbonyl (C=O) groups excluding carboxylic acids is 1. The van der Waals surface area contributed by atoms with Crippen molar-refractivity contribution in [2.24, 2.45) is 0 Å². The van der Waals surface area contributed by atoms with Crippen molar-refractivity contribution in [2.45, 2.75) is 27.1 Å². The van der Waals surface area contributed by atoms with Crippen molar-refractivity contribution in [1.29, 1.82) is 0 Å². The number of aryl methyl sites for hydroxylation is 1. The number of rotatable bonds is 4. The maximum absolute atomic E-state index is 12.0. The van der Waals surface area contributed by atoms with Crippen molar-refractivity contribution in [3.05, 3.63) is 23.8 Å². The molecule has 0 atom stereocenters. The lowest BCUT2D eigenvalue weighted by molar-refractivity contribution is -0.144. The van der Waals surface area contributed by atoms with Crippen molar-refractivity contribution in [3.8, 4) is 0 Å². The summed E-state index contributed by atoms with van der Waals surface area (Å²) >= 11 is 0. The number of nitrogens with zero attached hydrogens (tertiary/aromatic N) is 1. The van der Waals surface area contributed by atoms with E-state index in [1.165, 1.54) is 0 Å². The first-order chi connectivity index (χ1) is 9.26. The van der Waals surface area contributed by atoms with Gasteiger partial charge >= 0.3 is 12.3 Å². The monoisotopic (exact) mass is 324 g/mol. The second-order valence-electron chi connectivity index (χ2n) is 4.25. The van der Waals surface area contributed by atoms with E-state index < -0.39 is 12.3 Å². The predicted octanol–water partition coefficient (Wildman–Crippen LogP) is 0.487. The summed E-state index contributed by atoms with van der Waals surface area (Å²) in [5.41, 5.74) is 2.02. The van der Waals surface area contributed by atoms with Crippen LogP contribution in [0.4, 0.5) is 29.3 Å². The average Bonchev–Trinajstić information content (AvgIpc) is 2.31. The van der Waals surface area contributed by atoms with E-state index in [4.69, 9.17) is 0 Å². The van der Waals surface area contributed by atoms with Crippen LogP contribution in [0.1, 0.15) is 19.4 Å². The van der Waals surface area contributed by atoms with Crippen molar-refractivity contribution in [1.82, 2.24) is 5.32 Å². The third kappa shape index (κ3) is 6.12. The fourth-order valence-electron chi connectivity index (χ4n) is 1.86. The van der Waals surface area contributed by atoms with E-state index in [-0.39, 0.29) is 12.4 Å². The largest absolute Gasteiger partial charge is 1.00 e. The SMILES string of the molecule is CCN(CC)c1ccc(NC(=O)NC(F)(F)F)c(C)c1.[Cl-]. The Bertz CT molecular complexity index is 476. The number of benzene rings is 1. The van der Waals surface area contributed by atoms with Crippen LogP contribution in [-0.4, -0.2) is 25.4 Å². The van der Waals surface area contributed by atoms with Gasteiger partial charge in [0.1, 0.15) is 0 Å². The molecule has 120 valence electrons. The Morgan fingerprint density at radius 2 is 1.81 bits per heavy atom. The minimum atomic E-state index is -4.74. The first-order valence-corrected chi connectivity index (χ1v) is 6.28. The number of carbonyl (C=O) groups is 1. The van der Waals surface area contributed by atoms with E-state index >= 15 is 0 Å². The highest BCUT2D eigenvalue weighted by molar-refractivity contribution is 5.90. The Hall–Kier alpha value is -1.63. The fraction of sp³-hybridized carbons (Fsp3) is 0.462. The van der Waals surface area contributed by atoms with Gasteiger partial charge in [0.2, 0.25) is 0 Å². The first-order valence-electron chi connectivity index (χ1n) is 6.28. The summed E-state index contributed by atoms with van der Waals surface area (Å²) in [6.07, 6.45) is -4.74. The van der Waals surface area contributed by atoms with Gasteiger partial charge in [-0.3, -0.25) is 0 Å². The molecule has 4 nitrogen and oxygen atoms in total.